The molecule has 0 aliphatic rings. The number of urea groups is 1. The van der Waals surface area contributed by atoms with Crippen molar-refractivity contribution in [3.63, 3.8) is 0 Å². The van der Waals surface area contributed by atoms with E-state index in [1.54, 1.807) is 12.0 Å². The van der Waals surface area contributed by atoms with E-state index in [1.165, 1.54) is 0 Å². The Morgan fingerprint density at radius 2 is 1.82 bits per heavy atom. The van der Waals surface area contributed by atoms with Crippen LogP contribution in [0.4, 0.5) is 16.2 Å². The zero-order valence-electron chi connectivity index (χ0n) is 18.5. The molecule has 7 nitrogen and oxygen atoms in total. The molecular weight excluding hydrogens is 356 g/mol. The summed E-state index contributed by atoms with van der Waals surface area (Å²) in [4.78, 5) is 28.6. The highest BCUT2D eigenvalue weighted by Gasteiger charge is 2.21. The van der Waals surface area contributed by atoms with Gasteiger partial charge in [-0.25, -0.2) is 4.79 Å². The third-order valence-corrected chi connectivity index (χ3v) is 4.05. The van der Waals surface area contributed by atoms with Crippen LogP contribution >= 0.6 is 0 Å². The molecule has 28 heavy (non-hydrogen) atoms. The number of carbonyl (C=O) groups excluding carboxylic acids is 2. The first-order valence-corrected chi connectivity index (χ1v) is 9.61. The summed E-state index contributed by atoms with van der Waals surface area (Å²) in [7, 11) is 5.53. The zero-order valence-corrected chi connectivity index (χ0v) is 18.5. The highest BCUT2D eigenvalue weighted by molar-refractivity contribution is 5.92. The quantitative estimate of drug-likeness (QED) is 0.712. The molecule has 3 amide bonds. The Morgan fingerprint density at radius 3 is 2.32 bits per heavy atom. The number of nitrogens with one attached hydrogen (secondary N) is 2. The topological polar surface area (TPSA) is 73.9 Å². The van der Waals surface area contributed by atoms with Crippen molar-refractivity contribution in [2.24, 2.45) is 5.92 Å². The zero-order chi connectivity index (χ0) is 21.5. The lowest BCUT2D eigenvalue weighted by atomic mass is 10.1. The summed E-state index contributed by atoms with van der Waals surface area (Å²) in [5.41, 5.74) is 2.34. The number of carbonyl (C=O) groups is 2. The van der Waals surface area contributed by atoms with Gasteiger partial charge < -0.3 is 25.2 Å². The molecule has 0 bridgehead atoms. The molecule has 0 saturated heterocycles. The Hall–Kier alpha value is -2.28. The van der Waals surface area contributed by atoms with Crippen LogP contribution in [0.3, 0.4) is 0 Å². The van der Waals surface area contributed by atoms with Gasteiger partial charge >= 0.3 is 6.03 Å². The Balaban J connectivity index is 3.16. The third kappa shape index (κ3) is 7.76. The van der Waals surface area contributed by atoms with Crippen molar-refractivity contribution >= 4 is 23.3 Å². The number of ether oxygens (including phenoxy) is 1. The van der Waals surface area contributed by atoms with Gasteiger partial charge in [-0.1, -0.05) is 13.8 Å². The minimum Gasteiger partial charge on any atom is -0.383 e. The lowest BCUT2D eigenvalue weighted by Crippen LogP contribution is -2.49. The monoisotopic (exact) mass is 392 g/mol. The average molecular weight is 393 g/mol. The summed E-state index contributed by atoms with van der Waals surface area (Å²) in [6.07, 6.45) is 0. The standard InChI is InChI=1S/C21H36N4O3/c1-15(2)19(26)22-17-9-10-18(24(6)7)16(13-17)14-25(11-12-28-8)20(27)23-21(3,4)5/h9-10,13,15H,11-12,14H2,1-8H3,(H,22,26)(H,23,27). The first kappa shape index (κ1) is 23.8. The van der Waals surface area contributed by atoms with E-state index in [4.69, 9.17) is 4.74 Å². The predicted octanol–water partition coefficient (Wildman–Crippen LogP) is 3.30. The van der Waals surface area contributed by atoms with Crippen LogP contribution in [0, 0.1) is 5.92 Å². The average Bonchev–Trinajstić information content (AvgIpc) is 2.56. The summed E-state index contributed by atoms with van der Waals surface area (Å²) in [5.74, 6) is -0.141. The van der Waals surface area contributed by atoms with E-state index < -0.39 is 0 Å². The molecule has 1 aromatic rings. The van der Waals surface area contributed by atoms with Gasteiger partial charge in [0.15, 0.2) is 0 Å². The molecule has 0 radical (unpaired) electrons. The van der Waals surface area contributed by atoms with Crippen LogP contribution in [-0.4, -0.2) is 56.7 Å². The van der Waals surface area contributed by atoms with Crippen LogP contribution in [0.1, 0.15) is 40.2 Å². The second-order valence-corrected chi connectivity index (χ2v) is 8.48. The number of hydrogen-bond acceptors (Lipinski definition) is 4. The van der Waals surface area contributed by atoms with Gasteiger partial charge in [0.25, 0.3) is 0 Å². The maximum atomic E-state index is 12.8. The van der Waals surface area contributed by atoms with Crippen LogP contribution in [0.2, 0.25) is 0 Å². The fourth-order valence-electron chi connectivity index (χ4n) is 2.57. The van der Waals surface area contributed by atoms with Crippen molar-refractivity contribution in [2.45, 2.75) is 46.7 Å². The number of anilines is 2. The fourth-order valence-corrected chi connectivity index (χ4v) is 2.57. The van der Waals surface area contributed by atoms with E-state index in [1.807, 2.05) is 71.8 Å². The van der Waals surface area contributed by atoms with E-state index in [2.05, 4.69) is 10.6 Å². The number of amides is 3. The molecule has 1 aromatic carbocycles. The van der Waals surface area contributed by atoms with Crippen molar-refractivity contribution in [1.29, 1.82) is 0 Å². The van der Waals surface area contributed by atoms with Gasteiger partial charge in [0.1, 0.15) is 0 Å². The maximum absolute atomic E-state index is 12.8. The molecule has 0 saturated carbocycles. The SMILES string of the molecule is COCCN(Cc1cc(NC(=O)C(C)C)ccc1N(C)C)C(=O)NC(C)(C)C. The van der Waals surface area contributed by atoms with Crippen molar-refractivity contribution < 1.29 is 14.3 Å². The molecule has 0 aromatic heterocycles. The Labute approximate surface area is 169 Å². The number of methoxy groups -OCH3 is 1. The van der Waals surface area contributed by atoms with Crippen molar-refractivity contribution in [3.05, 3.63) is 23.8 Å². The van der Waals surface area contributed by atoms with E-state index in [0.717, 1.165) is 16.9 Å². The summed E-state index contributed by atoms with van der Waals surface area (Å²) in [6.45, 7) is 10.9. The minimum absolute atomic E-state index is 0.0368. The highest BCUT2D eigenvalue weighted by Crippen LogP contribution is 2.25. The summed E-state index contributed by atoms with van der Waals surface area (Å²) in [5, 5.41) is 5.94. The number of nitrogens with zero attached hydrogens (tertiary/aromatic N) is 2. The van der Waals surface area contributed by atoms with Crippen molar-refractivity contribution in [1.82, 2.24) is 10.2 Å². The van der Waals surface area contributed by atoms with Gasteiger partial charge in [-0.15, -0.1) is 0 Å². The Kier molecular flexibility index (Phi) is 8.75. The van der Waals surface area contributed by atoms with Crippen LogP contribution in [0.15, 0.2) is 18.2 Å². The molecular formula is C21H36N4O3. The molecule has 0 aliphatic carbocycles. The molecule has 1 rings (SSSR count). The molecule has 0 unspecified atom stereocenters. The van der Waals surface area contributed by atoms with Crippen LogP contribution in [0.5, 0.6) is 0 Å². The van der Waals surface area contributed by atoms with Crippen LogP contribution < -0.4 is 15.5 Å². The predicted molar refractivity (Wildman–Crippen MR) is 115 cm³/mol. The molecule has 0 atom stereocenters. The Morgan fingerprint density at radius 1 is 1.18 bits per heavy atom. The fraction of sp³-hybridized carbons (Fsp3) is 0.619. The molecule has 0 fully saturated rings. The van der Waals surface area contributed by atoms with Gasteiger partial charge in [0.05, 0.1) is 6.61 Å². The largest absolute Gasteiger partial charge is 0.383 e. The number of benzene rings is 1. The molecule has 158 valence electrons. The lowest BCUT2D eigenvalue weighted by molar-refractivity contribution is -0.118. The second kappa shape index (κ2) is 10.3. The van der Waals surface area contributed by atoms with E-state index >= 15 is 0 Å². The van der Waals surface area contributed by atoms with Crippen molar-refractivity contribution in [2.75, 3.05) is 44.6 Å². The Bertz CT molecular complexity index is 666. The minimum atomic E-state index is -0.333. The number of rotatable bonds is 8. The van der Waals surface area contributed by atoms with Gasteiger partial charge in [-0.3, -0.25) is 4.79 Å². The third-order valence-electron chi connectivity index (χ3n) is 4.05. The first-order valence-electron chi connectivity index (χ1n) is 9.61. The van der Waals surface area contributed by atoms with Gasteiger partial charge in [0.2, 0.25) is 5.91 Å². The van der Waals surface area contributed by atoms with E-state index in [-0.39, 0.29) is 23.4 Å². The van der Waals surface area contributed by atoms with E-state index in [9.17, 15) is 9.59 Å². The second-order valence-electron chi connectivity index (χ2n) is 8.48. The lowest BCUT2D eigenvalue weighted by Gasteiger charge is -2.30. The molecule has 0 spiro atoms. The van der Waals surface area contributed by atoms with Crippen molar-refractivity contribution in [3.8, 4) is 0 Å². The van der Waals surface area contributed by atoms with Gasteiger partial charge in [-0.2, -0.15) is 0 Å². The van der Waals surface area contributed by atoms with E-state index in [0.29, 0.717) is 19.7 Å². The van der Waals surface area contributed by atoms with Gasteiger partial charge in [-0.05, 0) is 44.5 Å². The molecule has 0 heterocycles. The smallest absolute Gasteiger partial charge is 0.318 e. The molecule has 0 aliphatic heterocycles. The normalized spacial score (nSPS) is 11.3. The summed E-state index contributed by atoms with van der Waals surface area (Å²) in [6, 6.07) is 5.63. The number of hydrogen-bond donors (Lipinski definition) is 2. The molecule has 7 heteroatoms. The first-order chi connectivity index (χ1) is 12.9. The van der Waals surface area contributed by atoms with Crippen LogP contribution in [-0.2, 0) is 16.1 Å². The highest BCUT2D eigenvalue weighted by atomic mass is 16.5. The summed E-state index contributed by atoms with van der Waals surface area (Å²) < 4.78 is 5.18. The van der Waals surface area contributed by atoms with Gasteiger partial charge in [0, 0.05) is 57.1 Å². The van der Waals surface area contributed by atoms with Crippen LogP contribution in [0.25, 0.3) is 0 Å². The summed E-state index contributed by atoms with van der Waals surface area (Å²) >= 11 is 0. The maximum Gasteiger partial charge on any atom is 0.318 e. The molecule has 2 N–H and O–H groups in total.